The summed E-state index contributed by atoms with van der Waals surface area (Å²) in [5.41, 5.74) is 1.59. The van der Waals surface area contributed by atoms with Crippen LogP contribution in [0.15, 0.2) is 53.6 Å². The maximum Gasteiger partial charge on any atom is 0.273 e. The fourth-order valence-electron chi connectivity index (χ4n) is 2.78. The van der Waals surface area contributed by atoms with E-state index in [9.17, 15) is 14.0 Å². The van der Waals surface area contributed by atoms with Gasteiger partial charge in [-0.25, -0.2) is 4.39 Å². The third kappa shape index (κ3) is 3.63. The second-order valence-electron chi connectivity index (χ2n) is 5.78. The molecule has 0 fully saturated rings. The molecular weight excluding hydrogens is 357 g/mol. The van der Waals surface area contributed by atoms with Gasteiger partial charge in [-0.05, 0) is 48.7 Å². The van der Waals surface area contributed by atoms with Crippen LogP contribution >= 0.6 is 11.6 Å². The highest BCUT2D eigenvalue weighted by Crippen LogP contribution is 2.32. The molecule has 0 unspecified atom stereocenters. The molecule has 26 heavy (non-hydrogen) atoms. The van der Waals surface area contributed by atoms with Crippen molar-refractivity contribution in [2.75, 3.05) is 13.2 Å². The number of benzene rings is 2. The molecule has 0 aliphatic carbocycles. The van der Waals surface area contributed by atoms with Crippen molar-refractivity contribution in [3.8, 4) is 5.75 Å². The molecule has 2 aromatic rings. The summed E-state index contributed by atoms with van der Waals surface area (Å²) in [5, 5.41) is -0.0849. The van der Waals surface area contributed by atoms with Gasteiger partial charge in [-0.3, -0.25) is 14.5 Å². The van der Waals surface area contributed by atoms with Crippen LogP contribution in [0.3, 0.4) is 0 Å². The van der Waals surface area contributed by atoms with Crippen LogP contribution in [-0.4, -0.2) is 29.9 Å². The summed E-state index contributed by atoms with van der Waals surface area (Å²) < 4.78 is 18.3. The van der Waals surface area contributed by atoms with Gasteiger partial charge in [-0.2, -0.15) is 0 Å². The summed E-state index contributed by atoms with van der Waals surface area (Å²) in [7, 11) is 0. The molecule has 1 aliphatic heterocycles. The maximum absolute atomic E-state index is 13.0. The van der Waals surface area contributed by atoms with Gasteiger partial charge in [0.05, 0.1) is 12.2 Å². The van der Waals surface area contributed by atoms with Gasteiger partial charge in [0.15, 0.2) is 0 Å². The molecule has 0 saturated heterocycles. The molecule has 0 bridgehead atoms. The fourth-order valence-corrected chi connectivity index (χ4v) is 3.07. The van der Waals surface area contributed by atoms with Crippen LogP contribution in [0.1, 0.15) is 18.1 Å². The van der Waals surface area contributed by atoms with Crippen molar-refractivity contribution in [1.29, 1.82) is 0 Å². The number of hydrogen-bond acceptors (Lipinski definition) is 3. The van der Waals surface area contributed by atoms with E-state index < -0.39 is 11.8 Å². The molecule has 0 radical (unpaired) electrons. The summed E-state index contributed by atoms with van der Waals surface area (Å²) in [6.07, 6.45) is 0.429. The molecule has 2 aromatic carbocycles. The predicted molar refractivity (Wildman–Crippen MR) is 97.2 cm³/mol. The highest BCUT2D eigenvalue weighted by atomic mass is 35.5. The first-order valence-corrected chi connectivity index (χ1v) is 8.62. The summed E-state index contributed by atoms with van der Waals surface area (Å²) >= 11 is 6.14. The van der Waals surface area contributed by atoms with Gasteiger partial charge in [0.1, 0.15) is 16.6 Å². The minimum atomic E-state index is -0.511. The number of hydrogen-bond donors (Lipinski definition) is 0. The number of imide groups is 1. The Labute approximate surface area is 155 Å². The van der Waals surface area contributed by atoms with Gasteiger partial charge in [0.2, 0.25) is 0 Å². The normalized spacial score (nSPS) is 14.3. The Kier molecular flexibility index (Phi) is 5.38. The molecule has 0 atom stereocenters. The van der Waals surface area contributed by atoms with Crippen LogP contribution in [0.2, 0.25) is 0 Å². The summed E-state index contributed by atoms with van der Waals surface area (Å²) in [6, 6.07) is 12.8. The lowest BCUT2D eigenvalue weighted by atomic mass is 10.1. The molecule has 2 amide bonds. The zero-order valence-corrected chi connectivity index (χ0v) is 14.9. The van der Waals surface area contributed by atoms with Crippen molar-refractivity contribution in [3.05, 3.63) is 70.5 Å². The summed E-state index contributed by atoms with van der Waals surface area (Å²) in [6.45, 7) is 2.60. The standard InChI is InChI=1S/C20H17ClFNO3/c1-2-26-16-9-5-14(6-10-16)17-18(21)20(25)23(19(17)24)12-11-13-3-7-15(22)8-4-13/h3-10H,2,11-12H2,1H3. The first-order valence-electron chi connectivity index (χ1n) is 8.25. The highest BCUT2D eigenvalue weighted by molar-refractivity contribution is 6.55. The number of ether oxygens (including phenoxy) is 1. The number of carbonyl (C=O) groups excluding carboxylic acids is 2. The van der Waals surface area contributed by atoms with Crippen molar-refractivity contribution >= 4 is 29.0 Å². The Bertz CT molecular complexity index is 860. The van der Waals surface area contributed by atoms with Crippen LogP contribution in [0, 0.1) is 5.82 Å². The minimum absolute atomic E-state index is 0.0849. The molecule has 1 aliphatic rings. The summed E-state index contributed by atoms with van der Waals surface area (Å²) in [5.74, 6) is -0.587. The first kappa shape index (κ1) is 18.1. The van der Waals surface area contributed by atoms with Crippen LogP contribution < -0.4 is 4.74 Å². The fraction of sp³-hybridized carbons (Fsp3) is 0.200. The van der Waals surface area contributed by atoms with Gasteiger partial charge >= 0.3 is 0 Å². The average molecular weight is 374 g/mol. The Morgan fingerprint density at radius 1 is 1.00 bits per heavy atom. The number of rotatable bonds is 6. The van der Waals surface area contributed by atoms with Gasteiger partial charge in [-0.15, -0.1) is 0 Å². The van der Waals surface area contributed by atoms with E-state index in [1.54, 1.807) is 36.4 Å². The van der Waals surface area contributed by atoms with E-state index >= 15 is 0 Å². The van der Waals surface area contributed by atoms with Crippen molar-refractivity contribution < 1.29 is 18.7 Å². The SMILES string of the molecule is CCOc1ccc(C2=C(Cl)C(=O)N(CCc3ccc(F)cc3)C2=O)cc1. The molecule has 0 N–H and O–H groups in total. The average Bonchev–Trinajstić information content (AvgIpc) is 2.85. The molecule has 6 heteroatoms. The van der Waals surface area contributed by atoms with Crippen molar-refractivity contribution in [2.24, 2.45) is 0 Å². The monoisotopic (exact) mass is 373 g/mol. The zero-order valence-electron chi connectivity index (χ0n) is 14.2. The van der Waals surface area contributed by atoms with Crippen molar-refractivity contribution in [3.63, 3.8) is 0 Å². The van der Waals surface area contributed by atoms with Crippen molar-refractivity contribution in [1.82, 2.24) is 4.90 Å². The highest BCUT2D eigenvalue weighted by Gasteiger charge is 2.37. The quantitative estimate of drug-likeness (QED) is 0.724. The number of halogens is 2. The lowest BCUT2D eigenvalue weighted by Gasteiger charge is -2.15. The predicted octanol–water partition coefficient (Wildman–Crippen LogP) is 3.79. The molecule has 0 aromatic heterocycles. The number of carbonyl (C=O) groups is 2. The van der Waals surface area contributed by atoms with Crippen LogP contribution in [0.4, 0.5) is 4.39 Å². The Hall–Kier alpha value is -2.66. The summed E-state index contributed by atoms with van der Waals surface area (Å²) in [4.78, 5) is 26.2. The zero-order chi connectivity index (χ0) is 18.7. The second-order valence-corrected chi connectivity index (χ2v) is 6.16. The Morgan fingerprint density at radius 3 is 2.27 bits per heavy atom. The van der Waals surface area contributed by atoms with E-state index in [1.807, 2.05) is 6.92 Å². The third-order valence-electron chi connectivity index (χ3n) is 4.10. The van der Waals surface area contributed by atoms with Crippen LogP contribution in [0.5, 0.6) is 5.75 Å². The van der Waals surface area contributed by atoms with E-state index in [1.165, 1.54) is 12.1 Å². The number of amides is 2. The first-order chi connectivity index (χ1) is 12.5. The van der Waals surface area contributed by atoms with Gasteiger partial charge < -0.3 is 4.74 Å². The van der Waals surface area contributed by atoms with Crippen LogP contribution in [-0.2, 0) is 16.0 Å². The molecule has 0 saturated carbocycles. The van der Waals surface area contributed by atoms with Crippen LogP contribution in [0.25, 0.3) is 5.57 Å². The van der Waals surface area contributed by atoms with E-state index in [4.69, 9.17) is 16.3 Å². The van der Waals surface area contributed by atoms with Gasteiger partial charge in [0, 0.05) is 6.54 Å². The Balaban J connectivity index is 1.75. The molecule has 4 nitrogen and oxygen atoms in total. The van der Waals surface area contributed by atoms with E-state index in [2.05, 4.69) is 0 Å². The van der Waals surface area contributed by atoms with Crippen molar-refractivity contribution in [2.45, 2.75) is 13.3 Å². The number of nitrogens with zero attached hydrogens (tertiary/aromatic N) is 1. The molecule has 0 spiro atoms. The maximum atomic E-state index is 13.0. The topological polar surface area (TPSA) is 46.6 Å². The van der Waals surface area contributed by atoms with Gasteiger partial charge in [-0.1, -0.05) is 35.9 Å². The Morgan fingerprint density at radius 2 is 1.65 bits per heavy atom. The van der Waals surface area contributed by atoms with Gasteiger partial charge in [0.25, 0.3) is 11.8 Å². The molecule has 1 heterocycles. The van der Waals surface area contributed by atoms with E-state index in [0.29, 0.717) is 24.3 Å². The smallest absolute Gasteiger partial charge is 0.273 e. The lowest BCUT2D eigenvalue weighted by molar-refractivity contribution is -0.136. The molecule has 3 rings (SSSR count). The molecular formula is C20H17ClFNO3. The second kappa shape index (κ2) is 7.70. The minimum Gasteiger partial charge on any atom is -0.494 e. The van der Waals surface area contributed by atoms with E-state index in [-0.39, 0.29) is 23.0 Å². The largest absolute Gasteiger partial charge is 0.494 e. The lowest BCUT2D eigenvalue weighted by Crippen LogP contribution is -2.33. The van der Waals surface area contributed by atoms with E-state index in [0.717, 1.165) is 10.5 Å². The molecule has 134 valence electrons. The third-order valence-corrected chi connectivity index (χ3v) is 4.45.